The van der Waals surface area contributed by atoms with E-state index in [1.165, 1.54) is 24.0 Å². The van der Waals surface area contributed by atoms with Crippen molar-refractivity contribution in [2.45, 2.75) is 25.3 Å². The van der Waals surface area contributed by atoms with E-state index >= 15 is 0 Å². The molecule has 1 atom stereocenters. The first-order chi connectivity index (χ1) is 6.33. The van der Waals surface area contributed by atoms with E-state index in [0.717, 1.165) is 12.1 Å². The van der Waals surface area contributed by atoms with E-state index in [9.17, 15) is 0 Å². The Labute approximate surface area is 79.1 Å². The molecule has 0 heterocycles. The van der Waals surface area contributed by atoms with Crippen LogP contribution < -0.4 is 11.1 Å². The number of anilines is 1. The van der Waals surface area contributed by atoms with Crippen LogP contribution in [0.3, 0.4) is 0 Å². The van der Waals surface area contributed by atoms with Gasteiger partial charge in [0.15, 0.2) is 0 Å². The van der Waals surface area contributed by atoms with E-state index < -0.39 is 0 Å². The molecule has 70 valence electrons. The van der Waals surface area contributed by atoms with Crippen molar-refractivity contribution in [1.29, 1.82) is 0 Å². The predicted octanol–water partition coefficient (Wildman–Crippen LogP) is 1.87. The summed E-state index contributed by atoms with van der Waals surface area (Å²) in [6.07, 6.45) is 3.61. The van der Waals surface area contributed by atoms with E-state index in [4.69, 9.17) is 5.73 Å². The lowest BCUT2D eigenvalue weighted by Gasteiger charge is -2.26. The molecule has 0 amide bonds. The number of rotatable bonds is 1. The van der Waals surface area contributed by atoms with Gasteiger partial charge in [0.25, 0.3) is 0 Å². The number of hydrogen-bond acceptors (Lipinski definition) is 2. The van der Waals surface area contributed by atoms with Gasteiger partial charge < -0.3 is 11.1 Å². The van der Waals surface area contributed by atoms with Crippen LogP contribution in [0.15, 0.2) is 18.2 Å². The van der Waals surface area contributed by atoms with Gasteiger partial charge in [0.2, 0.25) is 0 Å². The van der Waals surface area contributed by atoms with Gasteiger partial charge in [-0.3, -0.25) is 0 Å². The summed E-state index contributed by atoms with van der Waals surface area (Å²) in [4.78, 5) is 0. The summed E-state index contributed by atoms with van der Waals surface area (Å²) in [5.74, 6) is 0. The van der Waals surface area contributed by atoms with Crippen molar-refractivity contribution < 1.29 is 0 Å². The Morgan fingerprint density at radius 2 is 2.31 bits per heavy atom. The smallest absolute Gasteiger partial charge is 0.0349 e. The van der Waals surface area contributed by atoms with Gasteiger partial charge in [0, 0.05) is 11.7 Å². The fourth-order valence-electron chi connectivity index (χ4n) is 2.18. The molecule has 0 saturated carbocycles. The molecule has 1 aromatic carbocycles. The molecule has 0 spiro atoms. The SMILES string of the molecule is CNC1CCCc2c(N)cccc21. The molecule has 13 heavy (non-hydrogen) atoms. The minimum atomic E-state index is 0.507. The predicted molar refractivity (Wildman–Crippen MR) is 55.6 cm³/mol. The second-order valence-electron chi connectivity index (χ2n) is 3.65. The molecule has 2 nitrogen and oxygen atoms in total. The summed E-state index contributed by atoms with van der Waals surface area (Å²) in [5, 5.41) is 3.33. The van der Waals surface area contributed by atoms with Crippen LogP contribution in [0.25, 0.3) is 0 Å². The van der Waals surface area contributed by atoms with Gasteiger partial charge in [-0.2, -0.15) is 0 Å². The quantitative estimate of drug-likeness (QED) is 0.641. The maximum absolute atomic E-state index is 5.93. The van der Waals surface area contributed by atoms with Crippen molar-refractivity contribution in [1.82, 2.24) is 5.32 Å². The zero-order chi connectivity index (χ0) is 9.26. The van der Waals surface area contributed by atoms with Crippen LogP contribution in [-0.2, 0) is 6.42 Å². The Morgan fingerprint density at radius 1 is 1.46 bits per heavy atom. The van der Waals surface area contributed by atoms with Crippen LogP contribution in [-0.4, -0.2) is 7.05 Å². The highest BCUT2D eigenvalue weighted by Gasteiger charge is 2.19. The third kappa shape index (κ3) is 1.42. The molecular formula is C11H16N2. The zero-order valence-electron chi connectivity index (χ0n) is 8.01. The first kappa shape index (κ1) is 8.57. The zero-order valence-corrected chi connectivity index (χ0v) is 8.01. The minimum Gasteiger partial charge on any atom is -0.398 e. The number of nitrogen functional groups attached to an aromatic ring is 1. The van der Waals surface area contributed by atoms with Gasteiger partial charge in [-0.15, -0.1) is 0 Å². The third-order valence-electron chi connectivity index (χ3n) is 2.89. The lowest BCUT2D eigenvalue weighted by molar-refractivity contribution is 0.497. The summed E-state index contributed by atoms with van der Waals surface area (Å²) in [6, 6.07) is 6.74. The molecule has 1 aromatic rings. The van der Waals surface area contributed by atoms with Crippen LogP contribution in [0.4, 0.5) is 5.69 Å². The molecule has 1 aliphatic rings. The number of nitrogens with one attached hydrogen (secondary N) is 1. The molecule has 0 aliphatic heterocycles. The number of benzene rings is 1. The van der Waals surface area contributed by atoms with E-state index in [-0.39, 0.29) is 0 Å². The van der Waals surface area contributed by atoms with Crippen molar-refractivity contribution in [3.63, 3.8) is 0 Å². The lowest BCUT2D eigenvalue weighted by Crippen LogP contribution is -2.22. The maximum Gasteiger partial charge on any atom is 0.0349 e. The molecule has 2 heteroatoms. The summed E-state index contributed by atoms with van der Waals surface area (Å²) in [6.45, 7) is 0. The maximum atomic E-state index is 5.93. The Balaban J connectivity index is 2.45. The normalized spacial score (nSPS) is 21.2. The molecule has 0 radical (unpaired) electrons. The van der Waals surface area contributed by atoms with Crippen LogP contribution in [0.1, 0.15) is 30.0 Å². The number of fused-ring (bicyclic) bond motifs is 1. The second-order valence-corrected chi connectivity index (χ2v) is 3.65. The van der Waals surface area contributed by atoms with E-state index in [0.29, 0.717) is 6.04 Å². The first-order valence-electron chi connectivity index (χ1n) is 4.87. The Bertz CT molecular complexity index is 307. The van der Waals surface area contributed by atoms with Gasteiger partial charge in [-0.05, 0) is 43.5 Å². The van der Waals surface area contributed by atoms with Crippen LogP contribution in [0.2, 0.25) is 0 Å². The fraction of sp³-hybridized carbons (Fsp3) is 0.455. The monoisotopic (exact) mass is 176 g/mol. The molecule has 2 rings (SSSR count). The molecule has 0 bridgehead atoms. The summed E-state index contributed by atoms with van der Waals surface area (Å²) < 4.78 is 0. The lowest BCUT2D eigenvalue weighted by atomic mass is 9.87. The average molecular weight is 176 g/mol. The summed E-state index contributed by atoms with van der Waals surface area (Å²) >= 11 is 0. The summed E-state index contributed by atoms with van der Waals surface area (Å²) in [7, 11) is 2.02. The van der Waals surface area contributed by atoms with Crippen LogP contribution >= 0.6 is 0 Å². The van der Waals surface area contributed by atoms with Crippen LogP contribution in [0, 0.1) is 0 Å². The largest absolute Gasteiger partial charge is 0.398 e. The minimum absolute atomic E-state index is 0.507. The Morgan fingerprint density at radius 3 is 3.08 bits per heavy atom. The molecule has 0 saturated heterocycles. The molecule has 0 aromatic heterocycles. The van der Waals surface area contributed by atoms with E-state index in [1.807, 2.05) is 19.2 Å². The Kier molecular flexibility index (Phi) is 2.23. The van der Waals surface area contributed by atoms with Crippen molar-refractivity contribution in [2.24, 2.45) is 0 Å². The number of hydrogen-bond donors (Lipinski definition) is 2. The Hall–Kier alpha value is -1.02. The van der Waals surface area contributed by atoms with Crippen molar-refractivity contribution in [2.75, 3.05) is 12.8 Å². The molecule has 1 unspecified atom stereocenters. The van der Waals surface area contributed by atoms with E-state index in [2.05, 4.69) is 11.4 Å². The number of nitrogens with two attached hydrogens (primary N) is 1. The highest BCUT2D eigenvalue weighted by atomic mass is 14.9. The van der Waals surface area contributed by atoms with Crippen molar-refractivity contribution >= 4 is 5.69 Å². The standard InChI is InChI=1S/C11H16N2/c1-13-11-7-3-4-8-9(11)5-2-6-10(8)12/h2,5-6,11,13H,3-4,7,12H2,1H3. The third-order valence-corrected chi connectivity index (χ3v) is 2.89. The van der Waals surface area contributed by atoms with Gasteiger partial charge in [-0.25, -0.2) is 0 Å². The van der Waals surface area contributed by atoms with E-state index in [1.54, 1.807) is 0 Å². The van der Waals surface area contributed by atoms with Crippen LogP contribution in [0.5, 0.6) is 0 Å². The highest BCUT2D eigenvalue weighted by molar-refractivity contribution is 5.52. The van der Waals surface area contributed by atoms with Gasteiger partial charge >= 0.3 is 0 Å². The second kappa shape index (κ2) is 3.38. The molecule has 1 aliphatic carbocycles. The average Bonchev–Trinajstić information content (AvgIpc) is 2.18. The topological polar surface area (TPSA) is 38.0 Å². The molecular weight excluding hydrogens is 160 g/mol. The highest BCUT2D eigenvalue weighted by Crippen LogP contribution is 2.32. The summed E-state index contributed by atoms with van der Waals surface area (Å²) in [5.41, 5.74) is 9.64. The van der Waals surface area contributed by atoms with Gasteiger partial charge in [-0.1, -0.05) is 12.1 Å². The fourth-order valence-corrected chi connectivity index (χ4v) is 2.18. The molecule has 3 N–H and O–H groups in total. The van der Waals surface area contributed by atoms with Crippen molar-refractivity contribution in [3.05, 3.63) is 29.3 Å². The first-order valence-corrected chi connectivity index (χ1v) is 4.87. The molecule has 0 fully saturated rings. The van der Waals surface area contributed by atoms with Gasteiger partial charge in [0.05, 0.1) is 0 Å². The van der Waals surface area contributed by atoms with Gasteiger partial charge in [0.1, 0.15) is 0 Å². The van der Waals surface area contributed by atoms with Crippen molar-refractivity contribution in [3.8, 4) is 0 Å².